The first-order chi connectivity index (χ1) is 10.2. The fourth-order valence-electron chi connectivity index (χ4n) is 1.57. The van der Waals surface area contributed by atoms with Gasteiger partial charge in [0.15, 0.2) is 6.29 Å². The maximum Gasteiger partial charge on any atom is 0.407 e. The van der Waals surface area contributed by atoms with Gasteiger partial charge >= 0.3 is 6.09 Å². The van der Waals surface area contributed by atoms with Crippen LogP contribution in [0.3, 0.4) is 0 Å². The Morgan fingerprint density at radius 3 is 2.64 bits per heavy atom. The molecule has 1 aromatic carbocycles. The molecule has 7 nitrogen and oxygen atoms in total. The first-order valence-electron chi connectivity index (χ1n) is 6.60. The summed E-state index contributed by atoms with van der Waals surface area (Å²) in [7, 11) is 0. The third-order valence-corrected chi connectivity index (χ3v) is 2.45. The maximum absolute atomic E-state index is 11.4. The highest BCUT2D eigenvalue weighted by atomic mass is 16.6. The lowest BCUT2D eigenvalue weighted by Crippen LogP contribution is -2.32. The van der Waals surface area contributed by atoms with E-state index in [0.717, 1.165) is 0 Å². The van der Waals surface area contributed by atoms with Crippen molar-refractivity contribution < 1.29 is 19.2 Å². The molecule has 1 N–H and O–H groups in total. The van der Waals surface area contributed by atoms with Crippen LogP contribution in [-0.4, -0.2) is 29.4 Å². The van der Waals surface area contributed by atoms with Crippen LogP contribution in [0.25, 0.3) is 6.08 Å². The van der Waals surface area contributed by atoms with Crippen molar-refractivity contribution in [2.24, 2.45) is 0 Å². The van der Waals surface area contributed by atoms with E-state index in [4.69, 9.17) is 4.74 Å². The predicted octanol–water partition coefficient (Wildman–Crippen LogP) is 2.95. The first-order valence-corrected chi connectivity index (χ1v) is 6.60. The molecule has 0 saturated heterocycles. The fourth-order valence-corrected chi connectivity index (χ4v) is 1.57. The highest BCUT2D eigenvalue weighted by Gasteiger charge is 2.15. The largest absolute Gasteiger partial charge is 0.444 e. The number of carbonyl (C=O) groups is 2. The summed E-state index contributed by atoms with van der Waals surface area (Å²) in [5.41, 5.74) is -0.242. The Hall–Kier alpha value is -2.70. The van der Waals surface area contributed by atoms with Gasteiger partial charge in [-0.3, -0.25) is 14.9 Å². The Labute approximate surface area is 128 Å². The zero-order valence-corrected chi connectivity index (χ0v) is 12.7. The second-order valence-corrected chi connectivity index (χ2v) is 5.48. The number of nitrogens with zero attached hydrogens (tertiary/aromatic N) is 1. The number of nitro groups is 1. The van der Waals surface area contributed by atoms with Gasteiger partial charge in [0.1, 0.15) is 5.60 Å². The molecule has 0 bridgehead atoms. The fraction of sp³-hybridized carbons (Fsp3) is 0.333. The summed E-state index contributed by atoms with van der Waals surface area (Å²) in [4.78, 5) is 32.3. The third kappa shape index (κ3) is 5.74. The van der Waals surface area contributed by atoms with E-state index < -0.39 is 16.6 Å². The number of aldehydes is 1. The quantitative estimate of drug-likeness (QED) is 0.512. The number of rotatable bonds is 5. The van der Waals surface area contributed by atoms with E-state index in [-0.39, 0.29) is 17.8 Å². The Morgan fingerprint density at radius 1 is 1.41 bits per heavy atom. The van der Waals surface area contributed by atoms with Crippen molar-refractivity contribution in [3.63, 3.8) is 0 Å². The van der Waals surface area contributed by atoms with Gasteiger partial charge in [-0.15, -0.1) is 0 Å². The van der Waals surface area contributed by atoms with Gasteiger partial charge in [0.25, 0.3) is 5.69 Å². The third-order valence-electron chi connectivity index (χ3n) is 2.45. The van der Waals surface area contributed by atoms with Crippen LogP contribution in [0.4, 0.5) is 10.5 Å². The molecule has 0 spiro atoms. The van der Waals surface area contributed by atoms with Crippen molar-refractivity contribution in [3.05, 3.63) is 45.5 Å². The topological polar surface area (TPSA) is 98.5 Å². The van der Waals surface area contributed by atoms with E-state index in [1.807, 2.05) is 0 Å². The molecule has 0 radical (unpaired) electrons. The number of ether oxygens (including phenoxy) is 1. The molecule has 1 rings (SSSR count). The minimum Gasteiger partial charge on any atom is -0.444 e. The van der Waals surface area contributed by atoms with Crippen molar-refractivity contribution in [1.82, 2.24) is 5.32 Å². The van der Waals surface area contributed by atoms with Gasteiger partial charge in [0.05, 0.1) is 10.5 Å². The molecule has 0 aliphatic carbocycles. The molecule has 0 fully saturated rings. The summed E-state index contributed by atoms with van der Waals surface area (Å²) in [6.45, 7) is 5.50. The molecule has 118 valence electrons. The van der Waals surface area contributed by atoms with Gasteiger partial charge < -0.3 is 10.1 Å². The molecular weight excluding hydrogens is 288 g/mol. The number of hydrogen-bond acceptors (Lipinski definition) is 5. The minimum atomic E-state index is -0.611. The highest BCUT2D eigenvalue weighted by Crippen LogP contribution is 2.19. The van der Waals surface area contributed by atoms with Crippen LogP contribution in [0.5, 0.6) is 0 Å². The van der Waals surface area contributed by atoms with Crippen LogP contribution >= 0.6 is 0 Å². The van der Waals surface area contributed by atoms with E-state index >= 15 is 0 Å². The number of benzene rings is 1. The first kappa shape index (κ1) is 17.4. The molecule has 7 heteroatoms. The zero-order chi connectivity index (χ0) is 16.8. The number of nitro benzene ring substituents is 1. The minimum absolute atomic E-state index is 0.0222. The van der Waals surface area contributed by atoms with Gasteiger partial charge in [-0.05, 0) is 32.4 Å². The van der Waals surface area contributed by atoms with Crippen LogP contribution in [0.1, 0.15) is 36.7 Å². The lowest BCUT2D eigenvalue weighted by Gasteiger charge is -2.19. The summed E-state index contributed by atoms with van der Waals surface area (Å²) in [6.07, 6.45) is 3.14. The van der Waals surface area contributed by atoms with E-state index in [0.29, 0.717) is 11.8 Å². The Kier molecular flexibility index (Phi) is 5.80. The number of amides is 1. The van der Waals surface area contributed by atoms with Crippen LogP contribution in [-0.2, 0) is 4.74 Å². The van der Waals surface area contributed by atoms with Gasteiger partial charge in [-0.1, -0.05) is 18.2 Å². The molecule has 0 saturated carbocycles. The van der Waals surface area contributed by atoms with Gasteiger partial charge in [0.2, 0.25) is 0 Å². The molecule has 0 heterocycles. The smallest absolute Gasteiger partial charge is 0.407 e. The number of hydrogen-bond donors (Lipinski definition) is 1. The van der Waals surface area contributed by atoms with Crippen molar-refractivity contribution in [2.75, 3.05) is 6.54 Å². The summed E-state index contributed by atoms with van der Waals surface area (Å²) >= 11 is 0. The molecule has 0 unspecified atom stereocenters. The summed E-state index contributed by atoms with van der Waals surface area (Å²) in [6, 6.07) is 4.26. The van der Waals surface area contributed by atoms with Crippen molar-refractivity contribution >= 4 is 24.1 Å². The van der Waals surface area contributed by atoms with E-state index in [2.05, 4.69) is 5.32 Å². The van der Waals surface area contributed by atoms with E-state index in [1.165, 1.54) is 12.1 Å². The maximum atomic E-state index is 11.4. The molecule has 0 aliphatic rings. The van der Waals surface area contributed by atoms with Crippen LogP contribution in [0.2, 0.25) is 0 Å². The Bertz CT molecular complexity index is 602. The average Bonchev–Trinajstić information content (AvgIpc) is 2.41. The van der Waals surface area contributed by atoms with Gasteiger partial charge in [0, 0.05) is 12.6 Å². The molecular formula is C15H18N2O5. The molecule has 0 atom stereocenters. The van der Waals surface area contributed by atoms with Crippen molar-refractivity contribution in [3.8, 4) is 0 Å². The number of nitrogens with one attached hydrogen (secondary N) is 1. The normalized spacial score (nSPS) is 11.2. The number of alkyl carbamates (subject to hydrolysis) is 1. The average molecular weight is 306 g/mol. The standard InChI is InChI=1S/C15H18N2O5/c1-15(2,3)22-14(19)16-8-4-5-11-6-7-12(10-18)13(9-11)17(20)21/h4-7,9-10H,8H2,1-3H3,(H,16,19). The number of carbonyl (C=O) groups excluding carboxylic acids is 2. The Morgan fingerprint density at radius 2 is 2.09 bits per heavy atom. The Balaban J connectivity index is 2.64. The zero-order valence-electron chi connectivity index (χ0n) is 12.7. The highest BCUT2D eigenvalue weighted by molar-refractivity contribution is 5.82. The second kappa shape index (κ2) is 7.35. The van der Waals surface area contributed by atoms with Crippen LogP contribution in [0.15, 0.2) is 24.3 Å². The SMILES string of the molecule is CC(C)(C)OC(=O)NCC=Cc1ccc(C=O)c([N+](=O)[O-])c1. The lowest BCUT2D eigenvalue weighted by molar-refractivity contribution is -0.385. The lowest BCUT2D eigenvalue weighted by atomic mass is 10.1. The van der Waals surface area contributed by atoms with Crippen LogP contribution in [0, 0.1) is 10.1 Å². The monoisotopic (exact) mass is 306 g/mol. The summed E-state index contributed by atoms with van der Waals surface area (Å²) in [5, 5.41) is 13.4. The molecule has 0 aromatic heterocycles. The molecule has 1 aromatic rings. The van der Waals surface area contributed by atoms with E-state index in [1.54, 1.807) is 39.0 Å². The summed E-state index contributed by atoms with van der Waals surface area (Å²) in [5.74, 6) is 0. The van der Waals surface area contributed by atoms with E-state index in [9.17, 15) is 19.7 Å². The van der Waals surface area contributed by atoms with Gasteiger partial charge in [-0.25, -0.2) is 4.79 Å². The molecule has 22 heavy (non-hydrogen) atoms. The molecule has 1 amide bonds. The second-order valence-electron chi connectivity index (χ2n) is 5.48. The molecule has 0 aliphatic heterocycles. The van der Waals surface area contributed by atoms with Crippen LogP contribution < -0.4 is 5.32 Å². The van der Waals surface area contributed by atoms with Crippen molar-refractivity contribution in [1.29, 1.82) is 0 Å². The van der Waals surface area contributed by atoms with Crippen molar-refractivity contribution in [2.45, 2.75) is 26.4 Å². The van der Waals surface area contributed by atoms with Gasteiger partial charge in [-0.2, -0.15) is 0 Å². The predicted molar refractivity (Wildman–Crippen MR) is 81.8 cm³/mol. The summed E-state index contributed by atoms with van der Waals surface area (Å²) < 4.78 is 5.06.